The van der Waals surface area contributed by atoms with Gasteiger partial charge in [0.25, 0.3) is 0 Å². The van der Waals surface area contributed by atoms with Gasteiger partial charge in [0, 0.05) is 23.8 Å². The third-order valence-corrected chi connectivity index (χ3v) is 4.19. The van der Waals surface area contributed by atoms with E-state index >= 15 is 0 Å². The smallest absolute Gasteiger partial charge is 0.368 e. The Kier molecular flexibility index (Phi) is 4.49. The van der Waals surface area contributed by atoms with Gasteiger partial charge in [0.2, 0.25) is 0 Å². The van der Waals surface area contributed by atoms with Crippen molar-refractivity contribution < 1.29 is 17.6 Å². The van der Waals surface area contributed by atoms with Gasteiger partial charge in [0.05, 0.1) is 5.56 Å². The normalized spacial score (nSPS) is 24.4. The SMILES string of the molecule is CCC1CC(C)CN1c1cc(C(F)(F)F)ccc1C(C)F. The number of hydrogen-bond acceptors (Lipinski definition) is 1. The first-order valence-electron chi connectivity index (χ1n) is 7.35. The monoisotopic (exact) mass is 303 g/mol. The van der Waals surface area contributed by atoms with Gasteiger partial charge in [-0.05, 0) is 37.8 Å². The molecule has 0 bridgehead atoms. The summed E-state index contributed by atoms with van der Waals surface area (Å²) in [5, 5.41) is 0. The number of anilines is 1. The van der Waals surface area contributed by atoms with E-state index in [1.807, 2.05) is 11.8 Å². The molecule has 0 aromatic heterocycles. The van der Waals surface area contributed by atoms with Gasteiger partial charge in [-0.15, -0.1) is 0 Å². The first-order valence-corrected chi connectivity index (χ1v) is 7.35. The zero-order valence-electron chi connectivity index (χ0n) is 12.5. The molecule has 1 aliphatic rings. The van der Waals surface area contributed by atoms with Crippen LogP contribution in [0, 0.1) is 5.92 Å². The second-order valence-corrected chi connectivity index (χ2v) is 5.94. The molecular formula is C16H21F4N. The maximum absolute atomic E-state index is 13.8. The zero-order valence-corrected chi connectivity index (χ0v) is 12.5. The molecule has 5 heteroatoms. The lowest BCUT2D eigenvalue weighted by Crippen LogP contribution is -2.30. The number of halogens is 4. The number of alkyl halides is 4. The summed E-state index contributed by atoms with van der Waals surface area (Å²) in [7, 11) is 0. The Bertz CT molecular complexity index is 496. The highest BCUT2D eigenvalue weighted by molar-refractivity contribution is 5.58. The molecule has 0 radical (unpaired) electrons. The molecular weight excluding hydrogens is 282 g/mol. The largest absolute Gasteiger partial charge is 0.416 e. The fraction of sp³-hybridized carbons (Fsp3) is 0.625. The van der Waals surface area contributed by atoms with Crippen LogP contribution >= 0.6 is 0 Å². The molecule has 1 aromatic carbocycles. The van der Waals surface area contributed by atoms with Crippen molar-refractivity contribution in [1.29, 1.82) is 0 Å². The molecule has 1 nitrogen and oxygen atoms in total. The number of benzene rings is 1. The van der Waals surface area contributed by atoms with E-state index < -0.39 is 17.9 Å². The van der Waals surface area contributed by atoms with E-state index in [0.717, 1.165) is 25.0 Å². The Morgan fingerprint density at radius 2 is 2.00 bits per heavy atom. The predicted octanol–water partition coefficient (Wildman–Crippen LogP) is 5.36. The molecule has 3 unspecified atom stereocenters. The van der Waals surface area contributed by atoms with Crippen LogP contribution < -0.4 is 4.90 Å². The highest BCUT2D eigenvalue weighted by Gasteiger charge is 2.35. The van der Waals surface area contributed by atoms with Gasteiger partial charge in [0.15, 0.2) is 0 Å². The van der Waals surface area contributed by atoms with E-state index in [4.69, 9.17) is 0 Å². The van der Waals surface area contributed by atoms with E-state index in [-0.39, 0.29) is 6.04 Å². The number of rotatable bonds is 3. The van der Waals surface area contributed by atoms with Gasteiger partial charge < -0.3 is 4.90 Å². The zero-order chi connectivity index (χ0) is 15.8. The Morgan fingerprint density at radius 3 is 2.52 bits per heavy atom. The fourth-order valence-corrected chi connectivity index (χ4v) is 3.14. The van der Waals surface area contributed by atoms with Gasteiger partial charge in [0.1, 0.15) is 6.17 Å². The molecule has 1 aromatic rings. The van der Waals surface area contributed by atoms with Crippen LogP contribution in [-0.2, 0) is 6.18 Å². The van der Waals surface area contributed by atoms with Crippen LogP contribution in [-0.4, -0.2) is 12.6 Å². The first kappa shape index (κ1) is 16.1. The van der Waals surface area contributed by atoms with Crippen LogP contribution in [0.15, 0.2) is 18.2 Å². The second kappa shape index (κ2) is 5.85. The minimum absolute atomic E-state index is 0.181. The van der Waals surface area contributed by atoms with Crippen molar-refractivity contribution in [1.82, 2.24) is 0 Å². The minimum atomic E-state index is -4.40. The standard InChI is InChI=1S/C16H21F4N/c1-4-13-7-10(2)9-21(13)15-8-12(16(18,19)20)5-6-14(15)11(3)17/h5-6,8,10-11,13H,4,7,9H2,1-3H3. The van der Waals surface area contributed by atoms with Crippen LogP contribution in [0.25, 0.3) is 0 Å². The molecule has 1 fully saturated rings. The summed E-state index contributed by atoms with van der Waals surface area (Å²) < 4.78 is 52.6. The lowest BCUT2D eigenvalue weighted by molar-refractivity contribution is -0.137. The average Bonchev–Trinajstić information content (AvgIpc) is 2.78. The third kappa shape index (κ3) is 3.33. The van der Waals surface area contributed by atoms with E-state index in [0.29, 0.717) is 23.7 Å². The van der Waals surface area contributed by atoms with Crippen LogP contribution in [0.4, 0.5) is 23.2 Å². The summed E-state index contributed by atoms with van der Waals surface area (Å²) in [6.45, 7) is 6.14. The molecule has 21 heavy (non-hydrogen) atoms. The van der Waals surface area contributed by atoms with Crippen molar-refractivity contribution in [3.05, 3.63) is 29.3 Å². The van der Waals surface area contributed by atoms with Gasteiger partial charge in [-0.1, -0.05) is 19.9 Å². The molecule has 3 atom stereocenters. The molecule has 1 heterocycles. The quantitative estimate of drug-likeness (QED) is 0.679. The van der Waals surface area contributed by atoms with Crippen molar-refractivity contribution in [2.45, 2.75) is 52.0 Å². The van der Waals surface area contributed by atoms with Crippen molar-refractivity contribution in [2.24, 2.45) is 5.92 Å². The Morgan fingerprint density at radius 1 is 1.33 bits per heavy atom. The third-order valence-electron chi connectivity index (χ3n) is 4.19. The molecule has 0 saturated carbocycles. The number of hydrogen-bond donors (Lipinski definition) is 0. The van der Waals surface area contributed by atoms with Gasteiger partial charge in [-0.2, -0.15) is 13.2 Å². The lowest BCUT2D eigenvalue weighted by Gasteiger charge is -2.29. The summed E-state index contributed by atoms with van der Waals surface area (Å²) in [5.41, 5.74) is 0.0304. The number of nitrogens with zero attached hydrogens (tertiary/aromatic N) is 1. The van der Waals surface area contributed by atoms with E-state index in [1.54, 1.807) is 0 Å². The van der Waals surface area contributed by atoms with Crippen molar-refractivity contribution in [2.75, 3.05) is 11.4 Å². The van der Waals surface area contributed by atoms with Crippen LogP contribution in [0.3, 0.4) is 0 Å². The molecule has 0 spiro atoms. The van der Waals surface area contributed by atoms with Crippen molar-refractivity contribution >= 4 is 5.69 Å². The molecule has 1 aliphatic heterocycles. The van der Waals surface area contributed by atoms with Crippen LogP contribution in [0.5, 0.6) is 0 Å². The summed E-state index contributed by atoms with van der Waals surface area (Å²) >= 11 is 0. The second-order valence-electron chi connectivity index (χ2n) is 5.94. The Labute approximate surface area is 122 Å². The van der Waals surface area contributed by atoms with Gasteiger partial charge in [-0.3, -0.25) is 0 Å². The highest BCUT2D eigenvalue weighted by Crippen LogP contribution is 2.40. The minimum Gasteiger partial charge on any atom is -0.368 e. The van der Waals surface area contributed by atoms with Crippen LogP contribution in [0.2, 0.25) is 0 Å². The van der Waals surface area contributed by atoms with Gasteiger partial charge >= 0.3 is 6.18 Å². The molecule has 0 amide bonds. The maximum Gasteiger partial charge on any atom is 0.416 e. The van der Waals surface area contributed by atoms with E-state index in [1.165, 1.54) is 13.0 Å². The maximum atomic E-state index is 13.8. The first-order chi connectivity index (χ1) is 9.74. The summed E-state index contributed by atoms with van der Waals surface area (Å²) in [5.74, 6) is 0.410. The molecule has 0 aliphatic carbocycles. The molecule has 1 saturated heterocycles. The summed E-state index contributed by atoms with van der Waals surface area (Å²) in [4.78, 5) is 1.95. The van der Waals surface area contributed by atoms with Crippen LogP contribution in [0.1, 0.15) is 50.9 Å². The summed E-state index contributed by atoms with van der Waals surface area (Å²) in [6.07, 6.45) is -3.90. The fourth-order valence-electron chi connectivity index (χ4n) is 3.14. The lowest BCUT2D eigenvalue weighted by atomic mass is 10.0. The highest BCUT2D eigenvalue weighted by atomic mass is 19.4. The topological polar surface area (TPSA) is 3.24 Å². The van der Waals surface area contributed by atoms with Crippen molar-refractivity contribution in [3.63, 3.8) is 0 Å². The molecule has 118 valence electrons. The Hall–Kier alpha value is -1.26. The van der Waals surface area contributed by atoms with Gasteiger partial charge in [-0.25, -0.2) is 4.39 Å². The summed E-state index contributed by atoms with van der Waals surface area (Å²) in [6, 6.07) is 3.53. The average molecular weight is 303 g/mol. The predicted molar refractivity (Wildman–Crippen MR) is 76.2 cm³/mol. The Balaban J connectivity index is 2.48. The molecule has 2 rings (SSSR count). The van der Waals surface area contributed by atoms with Crippen molar-refractivity contribution in [3.8, 4) is 0 Å². The molecule has 0 N–H and O–H groups in total. The van der Waals surface area contributed by atoms with E-state index in [2.05, 4.69) is 6.92 Å². The van der Waals surface area contributed by atoms with E-state index in [9.17, 15) is 17.6 Å².